The number of anilines is 1. The number of aliphatic imine (C=N–C) groups is 1. The van der Waals surface area contributed by atoms with Crippen molar-refractivity contribution >= 4 is 57.5 Å². The van der Waals surface area contributed by atoms with Crippen LogP contribution in [0.2, 0.25) is 0 Å². The number of nitrogens with zero attached hydrogens (tertiary/aromatic N) is 2. The molecule has 0 unspecified atom stereocenters. The van der Waals surface area contributed by atoms with Crippen molar-refractivity contribution in [3.05, 3.63) is 29.8 Å². The van der Waals surface area contributed by atoms with E-state index in [1.165, 1.54) is 18.9 Å². The summed E-state index contributed by atoms with van der Waals surface area (Å²) in [5.41, 5.74) is 7.14. The first-order chi connectivity index (χ1) is 10.6. The van der Waals surface area contributed by atoms with Crippen LogP contribution in [-0.2, 0) is 4.74 Å². The van der Waals surface area contributed by atoms with E-state index in [0.29, 0.717) is 16.5 Å². The Kier molecular flexibility index (Phi) is 6.10. The fraction of sp³-hybridized carbons (Fsp3) is 0.154. The zero-order chi connectivity index (χ0) is 15.9. The maximum Gasteiger partial charge on any atom is 0.412 e. The Bertz CT molecular complexity index is 674. The normalized spacial score (nSPS) is 11.3. The predicted molar refractivity (Wildman–Crippen MR) is 93.2 cm³/mol. The quantitative estimate of drug-likeness (QED) is 0.497. The van der Waals surface area contributed by atoms with Crippen molar-refractivity contribution in [2.45, 2.75) is 9.24 Å². The minimum atomic E-state index is -0.567. The van der Waals surface area contributed by atoms with Gasteiger partial charge in [0.15, 0.2) is 9.51 Å². The second kappa shape index (κ2) is 8.06. The molecule has 0 saturated carbocycles. The van der Waals surface area contributed by atoms with Crippen LogP contribution in [0.25, 0.3) is 0 Å². The van der Waals surface area contributed by atoms with E-state index in [4.69, 9.17) is 5.73 Å². The van der Waals surface area contributed by atoms with Crippen molar-refractivity contribution in [3.63, 3.8) is 0 Å². The molecule has 3 N–H and O–H groups in total. The lowest BCUT2D eigenvalue weighted by molar-refractivity contribution is 0.177. The first-order valence-corrected chi connectivity index (χ1v) is 8.99. The number of aromatic nitrogens is 1. The molecule has 0 fully saturated rings. The number of benzene rings is 1. The summed E-state index contributed by atoms with van der Waals surface area (Å²) in [4.78, 5) is 20.7. The van der Waals surface area contributed by atoms with Gasteiger partial charge in [-0.05, 0) is 24.5 Å². The first-order valence-electron chi connectivity index (χ1n) is 6.07. The van der Waals surface area contributed by atoms with Crippen LogP contribution in [0.5, 0.6) is 0 Å². The van der Waals surface area contributed by atoms with E-state index >= 15 is 0 Å². The van der Waals surface area contributed by atoms with Gasteiger partial charge in [0, 0.05) is 16.5 Å². The van der Waals surface area contributed by atoms with Crippen molar-refractivity contribution in [2.75, 3.05) is 19.1 Å². The highest BCUT2D eigenvalue weighted by Gasteiger charge is 2.07. The summed E-state index contributed by atoms with van der Waals surface area (Å²) in [6.07, 6.45) is 3.00. The molecule has 0 aliphatic carbocycles. The van der Waals surface area contributed by atoms with Crippen molar-refractivity contribution in [2.24, 2.45) is 4.99 Å². The monoisotopic (exact) mass is 354 g/mol. The number of thiazole rings is 1. The summed E-state index contributed by atoms with van der Waals surface area (Å²) in [6, 6.07) is 5.55. The summed E-state index contributed by atoms with van der Waals surface area (Å²) in [5, 5.41) is 4.87. The number of ether oxygens (including phenoxy) is 1. The van der Waals surface area contributed by atoms with Gasteiger partial charge in [-0.15, -0.1) is 11.3 Å². The number of nitrogens with one attached hydrogen (secondary N) is 1. The first kappa shape index (κ1) is 16.7. The molecule has 116 valence electrons. The number of hydrogen-bond acceptors (Lipinski definition) is 8. The zero-order valence-corrected chi connectivity index (χ0v) is 14.3. The molecule has 1 aromatic heterocycles. The van der Waals surface area contributed by atoms with Crippen LogP contribution in [0.4, 0.5) is 16.2 Å². The number of nitrogen functional groups attached to an aromatic ring is 1. The van der Waals surface area contributed by atoms with Crippen LogP contribution in [0.1, 0.15) is 0 Å². The Balaban J connectivity index is 2.16. The highest BCUT2D eigenvalue weighted by atomic mass is 32.2. The molecule has 9 heteroatoms. The standard InChI is InChI=1S/C13H14N4O2S3/c1-19-12(18)17-11(20-2)16-10-4-3-8(7-9(10)14)22-13-15-5-6-21-13/h3-7H,14H2,1-2H3,(H,16,17,18). The van der Waals surface area contributed by atoms with Crippen LogP contribution in [0.3, 0.4) is 0 Å². The molecule has 6 nitrogen and oxygen atoms in total. The number of alkyl carbamates (subject to hydrolysis) is 1. The maximum absolute atomic E-state index is 11.2. The minimum Gasteiger partial charge on any atom is -0.453 e. The number of amides is 1. The van der Waals surface area contributed by atoms with Crippen LogP contribution in [-0.4, -0.2) is 29.6 Å². The fourth-order valence-corrected chi connectivity index (χ4v) is 3.45. The molecule has 0 radical (unpaired) electrons. The molecule has 0 atom stereocenters. The van der Waals surface area contributed by atoms with Crippen LogP contribution in [0, 0.1) is 0 Å². The Morgan fingerprint density at radius 1 is 1.50 bits per heavy atom. The third-order valence-corrected chi connectivity index (χ3v) is 4.88. The molecule has 22 heavy (non-hydrogen) atoms. The van der Waals surface area contributed by atoms with Gasteiger partial charge in [0.05, 0.1) is 18.5 Å². The molecule has 0 saturated heterocycles. The molecular weight excluding hydrogens is 340 g/mol. The van der Waals surface area contributed by atoms with Crippen LogP contribution in [0.15, 0.2) is 44.0 Å². The number of hydrogen-bond donors (Lipinski definition) is 2. The van der Waals surface area contributed by atoms with Crippen molar-refractivity contribution in [1.82, 2.24) is 10.3 Å². The van der Waals surface area contributed by atoms with Gasteiger partial charge in [-0.1, -0.05) is 23.5 Å². The Labute approximate surface area is 140 Å². The van der Waals surface area contributed by atoms with Crippen molar-refractivity contribution in [1.29, 1.82) is 0 Å². The SMILES string of the molecule is COC(=O)NC(=Nc1ccc(Sc2nccs2)cc1N)SC. The van der Waals surface area contributed by atoms with Crippen molar-refractivity contribution < 1.29 is 9.53 Å². The second-order valence-corrected chi connectivity index (χ2v) is 6.87. The largest absolute Gasteiger partial charge is 0.453 e. The van der Waals surface area contributed by atoms with E-state index in [9.17, 15) is 4.79 Å². The van der Waals surface area contributed by atoms with E-state index in [0.717, 1.165) is 9.24 Å². The van der Waals surface area contributed by atoms with Gasteiger partial charge >= 0.3 is 6.09 Å². The average molecular weight is 354 g/mol. The molecule has 2 rings (SSSR count). The third-order valence-electron chi connectivity index (χ3n) is 2.42. The minimum absolute atomic E-state index is 0.416. The summed E-state index contributed by atoms with van der Waals surface area (Å²) in [6.45, 7) is 0. The van der Waals surface area contributed by atoms with Gasteiger partial charge in [-0.2, -0.15) is 0 Å². The van der Waals surface area contributed by atoms with Gasteiger partial charge in [0.25, 0.3) is 0 Å². The number of thioether (sulfide) groups is 1. The number of rotatable bonds is 3. The van der Waals surface area contributed by atoms with E-state index in [2.05, 4.69) is 20.0 Å². The van der Waals surface area contributed by atoms with Crippen LogP contribution < -0.4 is 11.1 Å². The third kappa shape index (κ3) is 4.65. The number of nitrogens with two attached hydrogens (primary N) is 1. The van der Waals surface area contributed by atoms with E-state index in [-0.39, 0.29) is 0 Å². The number of carbonyl (C=O) groups is 1. The second-order valence-electron chi connectivity index (χ2n) is 3.86. The van der Waals surface area contributed by atoms with Crippen LogP contribution >= 0.6 is 34.9 Å². The van der Waals surface area contributed by atoms with E-state index in [1.54, 1.807) is 41.6 Å². The Hall–Kier alpha value is -1.71. The zero-order valence-electron chi connectivity index (χ0n) is 11.9. The molecule has 2 aromatic rings. The summed E-state index contributed by atoms with van der Waals surface area (Å²) in [7, 11) is 1.30. The highest BCUT2D eigenvalue weighted by molar-refractivity contribution is 8.13. The molecule has 1 amide bonds. The molecule has 0 bridgehead atoms. The van der Waals surface area contributed by atoms with Crippen molar-refractivity contribution in [3.8, 4) is 0 Å². The molecule has 1 heterocycles. The lowest BCUT2D eigenvalue weighted by Crippen LogP contribution is -2.27. The van der Waals surface area contributed by atoms with Gasteiger partial charge < -0.3 is 10.5 Å². The lowest BCUT2D eigenvalue weighted by atomic mass is 10.3. The van der Waals surface area contributed by atoms with E-state index in [1.807, 2.05) is 17.5 Å². The molecule has 1 aromatic carbocycles. The fourth-order valence-electron chi connectivity index (χ4n) is 1.43. The number of carbonyl (C=O) groups excluding carboxylic acids is 1. The average Bonchev–Trinajstić information content (AvgIpc) is 3.01. The molecule has 0 spiro atoms. The smallest absolute Gasteiger partial charge is 0.412 e. The molecular formula is C13H14N4O2S3. The molecule has 0 aliphatic heterocycles. The Morgan fingerprint density at radius 2 is 2.32 bits per heavy atom. The lowest BCUT2D eigenvalue weighted by Gasteiger charge is -2.07. The summed E-state index contributed by atoms with van der Waals surface area (Å²) >= 11 is 4.40. The van der Waals surface area contributed by atoms with Gasteiger partial charge in [0.2, 0.25) is 0 Å². The summed E-state index contributed by atoms with van der Waals surface area (Å²) in [5.74, 6) is 0. The number of amidine groups is 1. The summed E-state index contributed by atoms with van der Waals surface area (Å²) < 4.78 is 5.50. The highest BCUT2D eigenvalue weighted by Crippen LogP contribution is 2.33. The van der Waals surface area contributed by atoms with Gasteiger partial charge in [-0.25, -0.2) is 14.8 Å². The maximum atomic E-state index is 11.2. The van der Waals surface area contributed by atoms with Gasteiger partial charge in [-0.3, -0.25) is 5.32 Å². The molecule has 0 aliphatic rings. The number of methoxy groups -OCH3 is 1. The van der Waals surface area contributed by atoms with E-state index < -0.39 is 6.09 Å². The topological polar surface area (TPSA) is 89.6 Å². The predicted octanol–water partition coefficient (Wildman–Crippen LogP) is 3.58. The van der Waals surface area contributed by atoms with Gasteiger partial charge in [0.1, 0.15) is 0 Å². The Morgan fingerprint density at radius 3 is 2.91 bits per heavy atom.